The van der Waals surface area contributed by atoms with Gasteiger partial charge in [-0.25, -0.2) is 9.78 Å². The Morgan fingerprint density at radius 1 is 1.14 bits per heavy atom. The van der Waals surface area contributed by atoms with E-state index in [0.717, 1.165) is 6.42 Å². The van der Waals surface area contributed by atoms with Crippen LogP contribution in [-0.2, 0) is 14.9 Å². The summed E-state index contributed by atoms with van der Waals surface area (Å²) >= 11 is 0. The van der Waals surface area contributed by atoms with E-state index in [1.165, 1.54) is 37.4 Å². The van der Waals surface area contributed by atoms with Crippen LogP contribution in [0.1, 0.15) is 13.3 Å². The van der Waals surface area contributed by atoms with Gasteiger partial charge in [0.05, 0.1) is 24.8 Å². The van der Waals surface area contributed by atoms with E-state index >= 15 is 0 Å². The number of aromatic amines is 1. The molecule has 0 atom stereocenters. The molecule has 0 spiro atoms. The summed E-state index contributed by atoms with van der Waals surface area (Å²) in [6.45, 7) is 2.57. The Morgan fingerprint density at radius 3 is 2.54 bits per heavy atom. The molecule has 3 rings (SSSR count). The highest BCUT2D eigenvalue weighted by atomic mass is 32.2. The molecule has 2 aromatic carbocycles. The first-order valence-corrected chi connectivity index (χ1v) is 9.84. The highest BCUT2D eigenvalue weighted by Gasteiger charge is 2.18. The van der Waals surface area contributed by atoms with Gasteiger partial charge in [-0.2, -0.15) is 8.42 Å². The zero-order valence-corrected chi connectivity index (χ0v) is 16.1. The van der Waals surface area contributed by atoms with Gasteiger partial charge in [0.15, 0.2) is 0 Å². The van der Waals surface area contributed by atoms with Gasteiger partial charge in [-0.1, -0.05) is 6.92 Å². The monoisotopic (exact) mass is 405 g/mol. The second-order valence-electron chi connectivity index (χ2n) is 5.74. The maximum absolute atomic E-state index is 12.6. The average molecular weight is 405 g/mol. The molecule has 0 fully saturated rings. The van der Waals surface area contributed by atoms with Gasteiger partial charge in [0.2, 0.25) is 5.95 Å². The Balaban J connectivity index is 1.79. The number of hydrogen-bond acceptors (Lipinski definition) is 7. The van der Waals surface area contributed by atoms with Crippen LogP contribution in [0.2, 0.25) is 0 Å². The van der Waals surface area contributed by atoms with Gasteiger partial charge in [-0.15, -0.1) is 0 Å². The van der Waals surface area contributed by atoms with Crippen LogP contribution in [0.5, 0.6) is 11.5 Å². The first-order valence-electron chi connectivity index (χ1n) is 8.43. The van der Waals surface area contributed by atoms with E-state index in [2.05, 4.69) is 20.0 Å². The number of aromatic nitrogens is 2. The minimum atomic E-state index is -4.06. The van der Waals surface area contributed by atoms with Crippen LogP contribution in [0.3, 0.4) is 0 Å². The van der Waals surface area contributed by atoms with Crippen molar-refractivity contribution in [3.63, 3.8) is 0 Å². The third-order valence-corrected chi connectivity index (χ3v) is 4.89. The molecular weight excluding hydrogens is 386 g/mol. The molecule has 0 bridgehead atoms. The smallest absolute Gasteiger partial charge is 0.413 e. The molecule has 0 unspecified atom stereocenters. The maximum atomic E-state index is 12.6. The van der Waals surface area contributed by atoms with Crippen LogP contribution in [0, 0.1) is 0 Å². The van der Waals surface area contributed by atoms with Gasteiger partial charge in [0.1, 0.15) is 16.4 Å². The fraction of sp³-hybridized carbons (Fsp3) is 0.222. The summed E-state index contributed by atoms with van der Waals surface area (Å²) in [5.74, 6) is 0.939. The van der Waals surface area contributed by atoms with Crippen LogP contribution in [0.4, 0.5) is 10.7 Å². The van der Waals surface area contributed by atoms with E-state index in [0.29, 0.717) is 23.4 Å². The lowest BCUT2D eigenvalue weighted by atomic mass is 10.3. The van der Waals surface area contributed by atoms with Crippen molar-refractivity contribution in [1.82, 2.24) is 9.97 Å². The highest BCUT2D eigenvalue weighted by molar-refractivity contribution is 7.87. The molecule has 0 saturated heterocycles. The second-order valence-corrected chi connectivity index (χ2v) is 7.28. The Labute approximate surface area is 161 Å². The Morgan fingerprint density at radius 2 is 1.86 bits per heavy atom. The van der Waals surface area contributed by atoms with Crippen molar-refractivity contribution in [2.45, 2.75) is 18.2 Å². The van der Waals surface area contributed by atoms with E-state index < -0.39 is 16.2 Å². The van der Waals surface area contributed by atoms with Gasteiger partial charge in [0.25, 0.3) is 0 Å². The number of carbonyl (C=O) groups is 1. The largest absolute Gasteiger partial charge is 0.494 e. The van der Waals surface area contributed by atoms with Gasteiger partial charge in [0, 0.05) is 0 Å². The van der Waals surface area contributed by atoms with Crippen LogP contribution in [0.25, 0.3) is 11.0 Å². The fourth-order valence-corrected chi connectivity index (χ4v) is 3.29. The SMILES string of the molecule is CCCOc1ccc(OS(=O)(=O)c2ccc3[nH]c(NC(=O)OC)nc3c2)cc1. The molecule has 1 heterocycles. The van der Waals surface area contributed by atoms with Crippen LogP contribution < -0.4 is 14.2 Å². The molecule has 28 heavy (non-hydrogen) atoms. The van der Waals surface area contributed by atoms with E-state index in [-0.39, 0.29) is 16.6 Å². The van der Waals surface area contributed by atoms with E-state index in [1.54, 1.807) is 12.1 Å². The number of imidazole rings is 1. The van der Waals surface area contributed by atoms with Gasteiger partial charge in [-0.05, 0) is 48.9 Å². The molecule has 0 aliphatic heterocycles. The molecule has 148 valence electrons. The fourth-order valence-electron chi connectivity index (χ4n) is 2.33. The third-order valence-electron chi connectivity index (χ3n) is 3.65. The number of fused-ring (bicyclic) bond motifs is 1. The van der Waals surface area contributed by atoms with Crippen molar-refractivity contribution in [3.8, 4) is 11.5 Å². The highest BCUT2D eigenvalue weighted by Crippen LogP contribution is 2.24. The number of methoxy groups -OCH3 is 1. The molecule has 1 aromatic heterocycles. The van der Waals surface area contributed by atoms with Crippen molar-refractivity contribution < 1.29 is 26.9 Å². The van der Waals surface area contributed by atoms with Gasteiger partial charge in [-0.3, -0.25) is 5.32 Å². The molecule has 10 heteroatoms. The van der Waals surface area contributed by atoms with E-state index in [4.69, 9.17) is 8.92 Å². The molecule has 1 amide bonds. The zero-order valence-electron chi connectivity index (χ0n) is 15.3. The number of benzene rings is 2. The summed E-state index contributed by atoms with van der Waals surface area (Å²) in [5, 5.41) is 2.38. The first-order chi connectivity index (χ1) is 13.4. The van der Waals surface area contributed by atoms with Crippen molar-refractivity contribution >= 4 is 33.2 Å². The summed E-state index contributed by atoms with van der Waals surface area (Å²) in [6, 6.07) is 10.6. The Hall–Kier alpha value is -3.27. The molecule has 3 aromatic rings. The molecule has 2 N–H and O–H groups in total. The van der Waals surface area contributed by atoms with Crippen molar-refractivity contribution in [2.75, 3.05) is 19.0 Å². The number of ether oxygens (including phenoxy) is 2. The number of rotatable bonds is 7. The Bertz CT molecular complexity index is 1080. The standard InChI is InChI=1S/C18H19N3O6S/c1-3-10-26-12-4-6-13(7-5-12)27-28(23,24)14-8-9-15-16(11-14)20-17(19-15)21-18(22)25-2/h4-9,11H,3,10H2,1-2H3,(H2,19,20,21,22). The van der Waals surface area contributed by atoms with Gasteiger partial charge < -0.3 is 18.6 Å². The maximum Gasteiger partial charge on any atom is 0.413 e. The summed E-state index contributed by atoms with van der Waals surface area (Å²) < 4.78 is 40.2. The normalized spacial score (nSPS) is 11.2. The van der Waals surface area contributed by atoms with E-state index in [9.17, 15) is 13.2 Å². The summed E-state index contributed by atoms with van der Waals surface area (Å²) in [4.78, 5) is 18.1. The van der Waals surface area contributed by atoms with Crippen LogP contribution >= 0.6 is 0 Å². The molecule has 9 nitrogen and oxygen atoms in total. The number of nitrogens with one attached hydrogen (secondary N) is 2. The minimum absolute atomic E-state index is 0.0672. The van der Waals surface area contributed by atoms with Crippen LogP contribution in [-0.4, -0.2) is 38.2 Å². The zero-order chi connectivity index (χ0) is 20.1. The number of amides is 1. The number of anilines is 1. The van der Waals surface area contributed by atoms with Gasteiger partial charge >= 0.3 is 16.2 Å². The lowest BCUT2D eigenvalue weighted by Gasteiger charge is -2.08. The van der Waals surface area contributed by atoms with Crippen molar-refractivity contribution in [1.29, 1.82) is 0 Å². The molecule has 0 saturated carbocycles. The average Bonchev–Trinajstić information content (AvgIpc) is 3.08. The number of nitrogens with zero attached hydrogens (tertiary/aromatic N) is 1. The molecular formula is C18H19N3O6S. The number of carbonyl (C=O) groups excluding carboxylic acids is 1. The predicted molar refractivity (Wildman–Crippen MR) is 102 cm³/mol. The van der Waals surface area contributed by atoms with Crippen LogP contribution in [0.15, 0.2) is 47.4 Å². The quantitative estimate of drug-likeness (QED) is 0.579. The number of hydrogen-bond donors (Lipinski definition) is 2. The summed E-state index contributed by atoms with van der Waals surface area (Å²) in [7, 11) is -2.84. The Kier molecular flexibility index (Phi) is 5.69. The van der Waals surface area contributed by atoms with Crippen molar-refractivity contribution in [3.05, 3.63) is 42.5 Å². The first kappa shape index (κ1) is 19.5. The molecule has 0 aliphatic rings. The predicted octanol–water partition coefficient (Wildman–Crippen LogP) is 3.30. The lowest BCUT2D eigenvalue weighted by molar-refractivity contribution is 0.186. The molecule has 0 aliphatic carbocycles. The lowest BCUT2D eigenvalue weighted by Crippen LogP contribution is -2.11. The second kappa shape index (κ2) is 8.17. The van der Waals surface area contributed by atoms with Crippen molar-refractivity contribution in [2.24, 2.45) is 0 Å². The number of H-pyrrole nitrogens is 1. The topological polar surface area (TPSA) is 120 Å². The minimum Gasteiger partial charge on any atom is -0.494 e. The third kappa shape index (κ3) is 4.52. The summed E-state index contributed by atoms with van der Waals surface area (Å²) in [5.41, 5.74) is 0.891. The molecule has 0 radical (unpaired) electrons. The summed E-state index contributed by atoms with van der Waals surface area (Å²) in [6.07, 6.45) is 0.181. The van der Waals surface area contributed by atoms with E-state index in [1.807, 2.05) is 6.92 Å².